The molecule has 0 unspecified atom stereocenters. The topological polar surface area (TPSA) is 89.5 Å². The summed E-state index contributed by atoms with van der Waals surface area (Å²) in [5.41, 5.74) is 0. The molecule has 0 fully saturated rings. The molecule has 0 spiro atoms. The van der Waals surface area contributed by atoms with Crippen LogP contribution in [0.1, 0.15) is 0 Å². The van der Waals surface area contributed by atoms with Crippen LogP contribution < -0.4 is 5.26 Å². The van der Waals surface area contributed by atoms with Gasteiger partial charge in [0.25, 0.3) is 0 Å². The second-order valence-electron chi connectivity index (χ2n) is 5.84. The molecule has 0 aromatic rings. The number of quaternary nitrogens is 2. The molecule has 102 valence electrons. The molecular weight excluding hydrogens is 236 g/mol. The van der Waals surface area contributed by atoms with Crippen molar-refractivity contribution in [2.24, 2.45) is 0 Å². The highest BCUT2D eigenvalue weighted by atomic mass is 32.3. The molecule has 0 atom stereocenters. The van der Waals surface area contributed by atoms with Crippen molar-refractivity contribution < 1.29 is 31.5 Å². The van der Waals surface area contributed by atoms with Crippen LogP contribution in [-0.2, 0) is 14.7 Å². The summed E-state index contributed by atoms with van der Waals surface area (Å²) in [5.74, 6) is 0. The molecule has 0 amide bonds. The Balaban J connectivity index is -0.000000160. The van der Waals surface area contributed by atoms with Gasteiger partial charge in [-0.25, -0.2) is 8.42 Å². The Bertz CT molecular complexity index is 227. The van der Waals surface area contributed by atoms with Crippen LogP contribution in [0.25, 0.3) is 0 Å². The minimum atomic E-state index is -4.97. The molecule has 0 aliphatic carbocycles. The van der Waals surface area contributed by atoms with E-state index in [-0.39, 0.29) is 0 Å². The molecule has 0 bridgehead atoms. The van der Waals surface area contributed by atoms with Gasteiger partial charge in [-0.1, -0.05) is 0 Å². The number of hydrogen-bond donors (Lipinski definition) is 0. The van der Waals surface area contributed by atoms with Gasteiger partial charge in [0, 0.05) is 0 Å². The van der Waals surface area contributed by atoms with E-state index in [4.69, 9.17) is 18.2 Å². The highest BCUT2D eigenvalue weighted by molar-refractivity contribution is 7.80. The minimum absolute atomic E-state index is 1.00. The molecule has 0 aromatic heterocycles. The molecule has 0 aliphatic rings. The van der Waals surface area contributed by atoms with Crippen molar-refractivity contribution in [3.8, 4) is 0 Å². The van der Waals surface area contributed by atoms with Crippen LogP contribution in [0.3, 0.4) is 0 Å². The van der Waals surface area contributed by atoms with Gasteiger partial charge in [-0.2, -0.15) is 0 Å². The van der Waals surface area contributed by atoms with E-state index in [0.29, 0.717) is 0 Å². The lowest BCUT2D eigenvalue weighted by molar-refractivity contribution is -0.849. The maximum atomic E-state index is 8.91. The second kappa shape index (κ2) is 7.93. The Morgan fingerprint density at radius 1 is 0.812 bits per heavy atom. The smallest absolute Gasteiger partial charge is 0.208 e. The van der Waals surface area contributed by atoms with Gasteiger partial charge in [0.05, 0.1) is 56.4 Å². The minimum Gasteiger partial charge on any atom is -0.726 e. The average Bonchev–Trinajstić information content (AvgIpc) is 1.77. The number of hydrogen-bond acceptors (Lipinski definition) is 5. The maximum absolute atomic E-state index is 8.91. The van der Waals surface area contributed by atoms with Crippen LogP contribution >= 0.6 is 0 Å². The van der Waals surface area contributed by atoms with Crippen molar-refractivity contribution in [3.63, 3.8) is 0 Å². The first-order valence-corrected chi connectivity index (χ1v) is 5.74. The van der Waals surface area contributed by atoms with Gasteiger partial charge in [-0.3, -0.25) is 0 Å². The molecule has 8 heteroatoms. The zero-order valence-electron chi connectivity index (χ0n) is 11.3. The SMILES string of the molecule is C[N+](C)(C)C.C[N+](C)(C)C.O=S(=O)([O-])O[O-]. The number of rotatable bonds is 1. The Hall–Kier alpha value is -0.250. The van der Waals surface area contributed by atoms with Crippen LogP contribution in [0, 0.1) is 0 Å². The standard InChI is InChI=1S/2C4H12N.H2O5S/c2*1-5(2,3)4;1-5-6(2,3)4/h2*1-4H3;1H,(H,2,3,4)/q2*+1;/p-2. The zero-order chi connectivity index (χ0) is 14.2. The number of nitrogens with zero attached hydrogens (tertiary/aromatic N) is 2. The summed E-state index contributed by atoms with van der Waals surface area (Å²) in [5, 5.41) is 8.55. The second-order valence-corrected chi connectivity index (χ2v) is 6.80. The highest BCUT2D eigenvalue weighted by Gasteiger charge is 1.88. The fourth-order valence-electron chi connectivity index (χ4n) is 0. The molecule has 0 aromatic carbocycles. The third kappa shape index (κ3) is 296. The van der Waals surface area contributed by atoms with Crippen molar-refractivity contribution in [2.75, 3.05) is 56.4 Å². The Kier molecular flexibility index (Phi) is 10.5. The van der Waals surface area contributed by atoms with Crippen molar-refractivity contribution in [3.05, 3.63) is 0 Å². The van der Waals surface area contributed by atoms with E-state index < -0.39 is 10.4 Å². The molecule has 0 radical (unpaired) electrons. The first kappa shape index (κ1) is 21.1. The Labute approximate surface area is 98.9 Å². The summed E-state index contributed by atoms with van der Waals surface area (Å²) in [7, 11) is 12.0. The molecule has 16 heavy (non-hydrogen) atoms. The normalized spacial score (nSPS) is 11.9. The van der Waals surface area contributed by atoms with Crippen molar-refractivity contribution >= 4 is 10.4 Å². The lowest BCUT2D eigenvalue weighted by atomic mass is 10.8. The Morgan fingerprint density at radius 2 is 0.875 bits per heavy atom. The fourth-order valence-corrected chi connectivity index (χ4v) is 0. The molecule has 0 saturated carbocycles. The third-order valence-corrected chi connectivity index (χ3v) is 0.250. The summed E-state index contributed by atoms with van der Waals surface area (Å²) in [6.07, 6.45) is 0. The van der Waals surface area contributed by atoms with Gasteiger partial charge < -0.3 is 23.1 Å². The summed E-state index contributed by atoms with van der Waals surface area (Å²) in [4.78, 5) is 0. The lowest BCUT2D eigenvalue weighted by Crippen LogP contribution is -2.27. The molecular formula is C8H24N2O5S. The monoisotopic (exact) mass is 260 g/mol. The van der Waals surface area contributed by atoms with E-state index >= 15 is 0 Å². The van der Waals surface area contributed by atoms with Crippen LogP contribution in [0.2, 0.25) is 0 Å². The fraction of sp³-hybridized carbons (Fsp3) is 1.00. The summed E-state index contributed by atoms with van der Waals surface area (Å²) in [6, 6.07) is 0. The molecule has 7 nitrogen and oxygen atoms in total. The van der Waals surface area contributed by atoms with E-state index in [0.717, 1.165) is 8.97 Å². The first-order chi connectivity index (χ1) is 6.56. The van der Waals surface area contributed by atoms with Crippen molar-refractivity contribution in [1.82, 2.24) is 0 Å². The van der Waals surface area contributed by atoms with E-state index in [1.807, 2.05) is 0 Å². The van der Waals surface area contributed by atoms with Gasteiger partial charge in [0.2, 0.25) is 10.4 Å². The molecule has 0 rings (SSSR count). The maximum Gasteiger partial charge on any atom is 0.208 e. The largest absolute Gasteiger partial charge is 0.726 e. The molecule has 0 aliphatic heterocycles. The van der Waals surface area contributed by atoms with Gasteiger partial charge in [0.1, 0.15) is 0 Å². The first-order valence-electron chi connectivity index (χ1n) is 4.41. The van der Waals surface area contributed by atoms with Crippen LogP contribution in [0.15, 0.2) is 0 Å². The summed E-state index contributed by atoms with van der Waals surface area (Å²) in [6.45, 7) is 0. The summed E-state index contributed by atoms with van der Waals surface area (Å²) >= 11 is 0. The van der Waals surface area contributed by atoms with E-state index in [9.17, 15) is 0 Å². The predicted molar refractivity (Wildman–Crippen MR) is 58.7 cm³/mol. The highest BCUT2D eigenvalue weighted by Crippen LogP contribution is 1.74. The molecule has 0 N–H and O–H groups in total. The van der Waals surface area contributed by atoms with Gasteiger partial charge >= 0.3 is 0 Å². The summed E-state index contributed by atoms with van der Waals surface area (Å²) < 4.78 is 30.8. The van der Waals surface area contributed by atoms with Crippen molar-refractivity contribution in [2.45, 2.75) is 0 Å². The van der Waals surface area contributed by atoms with Crippen molar-refractivity contribution in [1.29, 1.82) is 0 Å². The zero-order valence-corrected chi connectivity index (χ0v) is 12.2. The quantitative estimate of drug-likeness (QED) is 0.186. The van der Waals surface area contributed by atoms with Crippen LogP contribution in [-0.4, -0.2) is 78.3 Å². The van der Waals surface area contributed by atoms with Gasteiger partial charge in [-0.05, 0) is 0 Å². The van der Waals surface area contributed by atoms with Gasteiger partial charge in [-0.15, -0.1) is 0 Å². The van der Waals surface area contributed by atoms with E-state index in [2.05, 4.69) is 60.7 Å². The van der Waals surface area contributed by atoms with Gasteiger partial charge in [0.15, 0.2) is 0 Å². The van der Waals surface area contributed by atoms with E-state index in [1.54, 1.807) is 0 Å². The van der Waals surface area contributed by atoms with Crippen LogP contribution in [0.5, 0.6) is 0 Å². The average molecular weight is 260 g/mol. The molecule has 0 heterocycles. The van der Waals surface area contributed by atoms with Crippen LogP contribution in [0.4, 0.5) is 0 Å². The lowest BCUT2D eigenvalue weighted by Gasteiger charge is -2.14. The van der Waals surface area contributed by atoms with E-state index in [1.165, 1.54) is 0 Å². The Morgan fingerprint density at radius 3 is 0.875 bits per heavy atom. The predicted octanol–water partition coefficient (Wildman–Crippen LogP) is -1.62. The molecule has 0 saturated heterocycles. The third-order valence-electron chi connectivity index (χ3n) is 0.0833.